The van der Waals surface area contributed by atoms with Gasteiger partial charge in [0.25, 0.3) is 5.91 Å². The molecule has 0 unspecified atom stereocenters. The maximum atomic E-state index is 12.2. The Balaban J connectivity index is 1.52. The number of thiophene rings is 1. The minimum absolute atomic E-state index is 0.0355. The van der Waals surface area contributed by atoms with Crippen LogP contribution in [0.2, 0.25) is 0 Å². The fourth-order valence-electron chi connectivity index (χ4n) is 2.71. The molecule has 1 amide bonds. The summed E-state index contributed by atoms with van der Waals surface area (Å²) in [5.74, 6) is 0.0355. The molecule has 5 heteroatoms. The number of benzene rings is 1. The normalized spacial score (nSPS) is 11.0. The molecule has 0 bridgehead atoms. The lowest BCUT2D eigenvalue weighted by atomic mass is 10.2. The van der Waals surface area contributed by atoms with Gasteiger partial charge in [0.15, 0.2) is 0 Å². The lowest BCUT2D eigenvalue weighted by molar-refractivity contribution is 0.0957. The number of aromatic nitrogens is 2. The van der Waals surface area contributed by atoms with Crippen LogP contribution in [0.1, 0.15) is 33.5 Å². The Labute approximate surface area is 140 Å². The van der Waals surface area contributed by atoms with Crippen LogP contribution in [0.15, 0.2) is 36.7 Å². The molecule has 23 heavy (non-hydrogen) atoms. The van der Waals surface area contributed by atoms with Gasteiger partial charge in [0.1, 0.15) is 0 Å². The van der Waals surface area contributed by atoms with Gasteiger partial charge in [0, 0.05) is 18.0 Å². The number of para-hydroxylation sites is 2. The van der Waals surface area contributed by atoms with E-state index in [0.717, 1.165) is 35.3 Å². The third-order valence-corrected chi connectivity index (χ3v) is 5.11. The van der Waals surface area contributed by atoms with Gasteiger partial charge in [0.05, 0.1) is 22.2 Å². The summed E-state index contributed by atoms with van der Waals surface area (Å²) in [7, 11) is 0. The van der Waals surface area contributed by atoms with Crippen molar-refractivity contribution in [2.75, 3.05) is 6.54 Å². The van der Waals surface area contributed by atoms with E-state index in [1.807, 2.05) is 30.6 Å². The van der Waals surface area contributed by atoms with Crippen LogP contribution < -0.4 is 5.32 Å². The van der Waals surface area contributed by atoms with Crippen LogP contribution in [0.3, 0.4) is 0 Å². The van der Waals surface area contributed by atoms with Crippen molar-refractivity contribution in [2.45, 2.75) is 33.2 Å². The number of nitrogens with one attached hydrogen (secondary N) is 1. The highest BCUT2D eigenvalue weighted by molar-refractivity contribution is 7.14. The second-order valence-corrected chi connectivity index (χ2v) is 6.84. The first-order valence-electron chi connectivity index (χ1n) is 7.96. The molecule has 0 fully saturated rings. The highest BCUT2D eigenvalue weighted by Gasteiger charge is 2.11. The van der Waals surface area contributed by atoms with E-state index in [1.165, 1.54) is 10.4 Å². The van der Waals surface area contributed by atoms with Gasteiger partial charge in [-0.2, -0.15) is 0 Å². The molecule has 0 saturated heterocycles. The topological polar surface area (TPSA) is 46.9 Å². The van der Waals surface area contributed by atoms with Crippen LogP contribution in [-0.2, 0) is 13.0 Å². The highest BCUT2D eigenvalue weighted by atomic mass is 32.1. The van der Waals surface area contributed by atoms with E-state index >= 15 is 0 Å². The van der Waals surface area contributed by atoms with Gasteiger partial charge in [-0.25, -0.2) is 4.98 Å². The van der Waals surface area contributed by atoms with Crippen molar-refractivity contribution >= 4 is 28.3 Å². The quantitative estimate of drug-likeness (QED) is 0.700. The Hall–Kier alpha value is -2.14. The molecule has 0 aliphatic rings. The number of aryl methyl sites for hydroxylation is 3. The average molecular weight is 327 g/mol. The molecule has 0 saturated carbocycles. The number of amides is 1. The third-order valence-electron chi connectivity index (χ3n) is 4.01. The van der Waals surface area contributed by atoms with Crippen molar-refractivity contribution in [1.29, 1.82) is 0 Å². The molecule has 3 rings (SSSR count). The predicted octanol–water partition coefficient (Wildman–Crippen LogP) is 3.79. The Morgan fingerprint density at radius 3 is 2.96 bits per heavy atom. The van der Waals surface area contributed by atoms with Crippen molar-refractivity contribution in [3.05, 3.63) is 52.0 Å². The van der Waals surface area contributed by atoms with Crippen molar-refractivity contribution in [1.82, 2.24) is 14.9 Å². The van der Waals surface area contributed by atoms with Gasteiger partial charge in [-0.05, 0) is 43.5 Å². The zero-order valence-corrected chi connectivity index (χ0v) is 14.3. The smallest absolute Gasteiger partial charge is 0.261 e. The number of hydrogen-bond acceptors (Lipinski definition) is 3. The molecule has 3 aromatic rings. The van der Waals surface area contributed by atoms with E-state index in [4.69, 9.17) is 0 Å². The summed E-state index contributed by atoms with van der Waals surface area (Å²) in [6.45, 7) is 5.71. The molecule has 0 atom stereocenters. The summed E-state index contributed by atoms with van der Waals surface area (Å²) in [5, 5.41) is 3.01. The maximum Gasteiger partial charge on any atom is 0.261 e. The summed E-state index contributed by atoms with van der Waals surface area (Å²) in [4.78, 5) is 18.6. The Bertz CT molecular complexity index is 819. The maximum absolute atomic E-state index is 12.2. The highest BCUT2D eigenvalue weighted by Crippen LogP contribution is 2.21. The molecule has 1 N–H and O–H groups in total. The summed E-state index contributed by atoms with van der Waals surface area (Å²) in [5.41, 5.74) is 3.42. The van der Waals surface area contributed by atoms with Crippen LogP contribution in [0, 0.1) is 6.92 Å². The Kier molecular flexibility index (Phi) is 4.76. The summed E-state index contributed by atoms with van der Waals surface area (Å²) in [6, 6.07) is 10.1. The van der Waals surface area contributed by atoms with Gasteiger partial charge < -0.3 is 9.88 Å². The van der Waals surface area contributed by atoms with Crippen LogP contribution in [-0.4, -0.2) is 22.0 Å². The van der Waals surface area contributed by atoms with Crippen molar-refractivity contribution < 1.29 is 4.79 Å². The Morgan fingerprint density at radius 2 is 2.17 bits per heavy atom. The standard InChI is InChI=1S/C18H21N3OS/c1-3-14-11-17(23-13(14)2)18(22)19-9-6-10-21-12-20-15-7-4-5-8-16(15)21/h4-5,7-8,11-12H,3,6,9-10H2,1-2H3,(H,19,22). The van der Waals surface area contributed by atoms with E-state index in [-0.39, 0.29) is 5.91 Å². The minimum atomic E-state index is 0.0355. The minimum Gasteiger partial charge on any atom is -0.351 e. The summed E-state index contributed by atoms with van der Waals surface area (Å²) < 4.78 is 2.13. The number of nitrogens with zero attached hydrogens (tertiary/aromatic N) is 2. The molecular formula is C18H21N3OS. The Morgan fingerprint density at radius 1 is 1.35 bits per heavy atom. The molecule has 0 aliphatic heterocycles. The number of carbonyl (C=O) groups is 1. The fraction of sp³-hybridized carbons (Fsp3) is 0.333. The SMILES string of the molecule is CCc1cc(C(=O)NCCCn2cnc3ccccc32)sc1C. The summed E-state index contributed by atoms with van der Waals surface area (Å²) >= 11 is 1.58. The number of rotatable bonds is 6. The van der Waals surface area contributed by atoms with E-state index in [0.29, 0.717) is 6.54 Å². The zero-order valence-electron chi connectivity index (χ0n) is 13.5. The monoisotopic (exact) mass is 327 g/mol. The first kappa shape index (κ1) is 15.7. The lowest BCUT2D eigenvalue weighted by Gasteiger charge is -2.05. The van der Waals surface area contributed by atoms with E-state index in [1.54, 1.807) is 11.3 Å². The molecule has 0 aliphatic carbocycles. The van der Waals surface area contributed by atoms with Crippen molar-refractivity contribution in [3.63, 3.8) is 0 Å². The predicted molar refractivity (Wildman–Crippen MR) is 95.1 cm³/mol. The number of imidazole rings is 1. The third kappa shape index (κ3) is 3.45. The van der Waals surface area contributed by atoms with Gasteiger partial charge in [-0.15, -0.1) is 11.3 Å². The van der Waals surface area contributed by atoms with E-state index < -0.39 is 0 Å². The molecule has 0 spiro atoms. The van der Waals surface area contributed by atoms with Crippen LogP contribution in [0.25, 0.3) is 11.0 Å². The van der Waals surface area contributed by atoms with Crippen molar-refractivity contribution in [2.24, 2.45) is 0 Å². The van der Waals surface area contributed by atoms with E-state index in [9.17, 15) is 4.79 Å². The molecular weight excluding hydrogens is 306 g/mol. The summed E-state index contributed by atoms with van der Waals surface area (Å²) in [6.07, 6.45) is 3.73. The van der Waals surface area contributed by atoms with Gasteiger partial charge in [0.2, 0.25) is 0 Å². The van der Waals surface area contributed by atoms with Gasteiger partial charge in [-0.1, -0.05) is 19.1 Å². The largest absolute Gasteiger partial charge is 0.351 e. The lowest BCUT2D eigenvalue weighted by Crippen LogP contribution is -2.24. The average Bonchev–Trinajstić information content (AvgIpc) is 3.15. The second-order valence-electron chi connectivity index (χ2n) is 5.58. The van der Waals surface area contributed by atoms with Crippen molar-refractivity contribution in [3.8, 4) is 0 Å². The van der Waals surface area contributed by atoms with Crippen LogP contribution in [0.4, 0.5) is 0 Å². The van der Waals surface area contributed by atoms with Crippen LogP contribution >= 0.6 is 11.3 Å². The van der Waals surface area contributed by atoms with E-state index in [2.05, 4.69) is 34.8 Å². The van der Waals surface area contributed by atoms with Crippen LogP contribution in [0.5, 0.6) is 0 Å². The molecule has 2 heterocycles. The molecule has 0 radical (unpaired) electrons. The zero-order chi connectivity index (χ0) is 16.2. The molecule has 4 nitrogen and oxygen atoms in total. The fourth-order valence-corrected chi connectivity index (χ4v) is 3.74. The number of hydrogen-bond donors (Lipinski definition) is 1. The van der Waals surface area contributed by atoms with Gasteiger partial charge in [-0.3, -0.25) is 4.79 Å². The molecule has 120 valence electrons. The number of carbonyl (C=O) groups excluding carboxylic acids is 1. The first-order valence-corrected chi connectivity index (χ1v) is 8.78. The van der Waals surface area contributed by atoms with Gasteiger partial charge >= 0.3 is 0 Å². The number of fused-ring (bicyclic) bond motifs is 1. The molecule has 2 aromatic heterocycles. The second kappa shape index (κ2) is 6.96. The first-order chi connectivity index (χ1) is 11.2. The molecule has 1 aromatic carbocycles.